The number of thiazole rings is 1. The summed E-state index contributed by atoms with van der Waals surface area (Å²) in [4.78, 5) is 8.89. The molecule has 5 aromatic rings. The highest BCUT2D eigenvalue weighted by atomic mass is 32.1. The number of nitrogens with zero attached hydrogens (tertiary/aromatic N) is 2. The van der Waals surface area contributed by atoms with Gasteiger partial charge < -0.3 is 5.32 Å². The van der Waals surface area contributed by atoms with E-state index in [9.17, 15) is 0 Å². The van der Waals surface area contributed by atoms with Crippen LogP contribution in [0.2, 0.25) is 0 Å². The molecule has 3 aromatic carbocycles. The topological polar surface area (TPSA) is 37.8 Å². The van der Waals surface area contributed by atoms with Gasteiger partial charge in [0.15, 0.2) is 5.13 Å². The summed E-state index contributed by atoms with van der Waals surface area (Å²) >= 11 is 1.70. The van der Waals surface area contributed by atoms with Gasteiger partial charge in [0.2, 0.25) is 0 Å². The Morgan fingerprint density at radius 2 is 1.68 bits per heavy atom. The Morgan fingerprint density at radius 3 is 2.57 bits per heavy atom. The minimum absolute atomic E-state index is 0.173. The first-order chi connectivity index (χ1) is 13.8. The molecule has 0 radical (unpaired) electrons. The minimum Gasteiger partial charge on any atom is -0.355 e. The Morgan fingerprint density at radius 1 is 0.857 bits per heavy atom. The van der Waals surface area contributed by atoms with E-state index in [4.69, 9.17) is 4.98 Å². The maximum Gasteiger partial charge on any atom is 0.184 e. The Hall–Kier alpha value is -3.24. The van der Waals surface area contributed by atoms with E-state index in [0.717, 1.165) is 10.6 Å². The molecule has 0 aliphatic carbocycles. The summed E-state index contributed by atoms with van der Waals surface area (Å²) in [5.74, 6) is 0. The summed E-state index contributed by atoms with van der Waals surface area (Å²) in [5.41, 5.74) is 4.67. The summed E-state index contributed by atoms with van der Waals surface area (Å²) < 4.78 is 1.18. The number of fused-ring (bicyclic) bond motifs is 2. The van der Waals surface area contributed by atoms with Crippen LogP contribution < -0.4 is 5.32 Å². The maximum absolute atomic E-state index is 4.79. The van der Waals surface area contributed by atoms with E-state index in [2.05, 4.69) is 77.9 Å². The molecule has 4 heteroatoms. The van der Waals surface area contributed by atoms with Crippen LogP contribution in [0.15, 0.2) is 85.2 Å². The first-order valence-electron chi connectivity index (χ1n) is 9.33. The second-order valence-electron chi connectivity index (χ2n) is 6.87. The molecule has 2 aromatic heterocycles. The SMILES string of the molecule is C[C@@H](Nc1nc2ccc(-c3ccncc3)cc2s1)c1cccc2ccccc12. The highest BCUT2D eigenvalue weighted by Crippen LogP contribution is 2.33. The lowest BCUT2D eigenvalue weighted by Crippen LogP contribution is -2.06. The van der Waals surface area contributed by atoms with E-state index >= 15 is 0 Å². The predicted molar refractivity (Wildman–Crippen MR) is 119 cm³/mol. The third kappa shape index (κ3) is 3.12. The summed E-state index contributed by atoms with van der Waals surface area (Å²) in [6, 6.07) is 25.6. The molecule has 28 heavy (non-hydrogen) atoms. The number of hydrogen-bond acceptors (Lipinski definition) is 4. The van der Waals surface area contributed by atoms with Crippen molar-refractivity contribution in [1.82, 2.24) is 9.97 Å². The number of hydrogen-bond donors (Lipinski definition) is 1. The second-order valence-corrected chi connectivity index (χ2v) is 7.90. The van der Waals surface area contributed by atoms with Crippen molar-refractivity contribution in [2.24, 2.45) is 0 Å². The van der Waals surface area contributed by atoms with Crippen molar-refractivity contribution in [3.8, 4) is 11.1 Å². The fourth-order valence-electron chi connectivity index (χ4n) is 3.60. The van der Waals surface area contributed by atoms with Gasteiger partial charge in [0.1, 0.15) is 0 Å². The summed E-state index contributed by atoms with van der Waals surface area (Å²) in [6.07, 6.45) is 3.65. The summed E-state index contributed by atoms with van der Waals surface area (Å²) in [7, 11) is 0. The number of rotatable bonds is 4. The van der Waals surface area contributed by atoms with Crippen LogP contribution in [-0.2, 0) is 0 Å². The van der Waals surface area contributed by atoms with E-state index < -0.39 is 0 Å². The zero-order valence-electron chi connectivity index (χ0n) is 15.5. The van der Waals surface area contributed by atoms with Gasteiger partial charge in [-0.3, -0.25) is 4.98 Å². The van der Waals surface area contributed by atoms with Crippen LogP contribution in [0.1, 0.15) is 18.5 Å². The molecule has 0 aliphatic heterocycles. The largest absolute Gasteiger partial charge is 0.355 e. The molecule has 1 atom stereocenters. The normalized spacial score (nSPS) is 12.3. The van der Waals surface area contributed by atoms with Crippen molar-refractivity contribution in [1.29, 1.82) is 0 Å². The molecule has 0 aliphatic rings. The molecular weight excluding hydrogens is 362 g/mol. The smallest absolute Gasteiger partial charge is 0.184 e. The Balaban J connectivity index is 1.46. The van der Waals surface area contributed by atoms with Gasteiger partial charge in [-0.1, -0.05) is 59.9 Å². The standard InChI is InChI=1S/C24H19N3S/c1-16(20-8-4-6-18-5-2-3-7-21(18)20)26-24-27-22-10-9-19(15-23(22)28-24)17-11-13-25-14-12-17/h2-16H,1H3,(H,26,27)/t16-/m1/s1. The molecule has 0 amide bonds. The van der Waals surface area contributed by atoms with Crippen LogP contribution in [0.3, 0.4) is 0 Å². The molecule has 0 spiro atoms. The Kier molecular flexibility index (Phi) is 4.26. The van der Waals surface area contributed by atoms with Crippen LogP contribution in [-0.4, -0.2) is 9.97 Å². The number of pyridine rings is 1. The Bertz CT molecular complexity index is 1260. The van der Waals surface area contributed by atoms with Gasteiger partial charge in [-0.25, -0.2) is 4.98 Å². The van der Waals surface area contributed by atoms with E-state index in [1.54, 1.807) is 11.3 Å². The lowest BCUT2D eigenvalue weighted by Gasteiger charge is -2.15. The monoisotopic (exact) mass is 381 g/mol. The number of benzene rings is 3. The zero-order valence-corrected chi connectivity index (χ0v) is 16.3. The van der Waals surface area contributed by atoms with E-state index in [0.29, 0.717) is 0 Å². The number of anilines is 1. The molecule has 0 saturated carbocycles. The van der Waals surface area contributed by atoms with Gasteiger partial charge in [-0.05, 0) is 58.7 Å². The van der Waals surface area contributed by atoms with Gasteiger partial charge in [0.05, 0.1) is 16.3 Å². The van der Waals surface area contributed by atoms with Gasteiger partial charge in [-0.15, -0.1) is 0 Å². The van der Waals surface area contributed by atoms with E-state index in [1.807, 2.05) is 24.5 Å². The highest BCUT2D eigenvalue weighted by molar-refractivity contribution is 7.22. The molecule has 5 rings (SSSR count). The first kappa shape index (κ1) is 16.9. The summed E-state index contributed by atoms with van der Waals surface area (Å²) in [6.45, 7) is 2.19. The van der Waals surface area contributed by atoms with Gasteiger partial charge in [-0.2, -0.15) is 0 Å². The second kappa shape index (κ2) is 7.06. The summed E-state index contributed by atoms with van der Waals surface area (Å²) in [5, 5.41) is 7.09. The molecule has 136 valence electrons. The maximum atomic E-state index is 4.79. The number of aromatic nitrogens is 2. The fourth-order valence-corrected chi connectivity index (χ4v) is 4.59. The van der Waals surface area contributed by atoms with Crippen LogP contribution >= 0.6 is 11.3 Å². The minimum atomic E-state index is 0.173. The molecule has 0 fully saturated rings. The van der Waals surface area contributed by atoms with Gasteiger partial charge in [0, 0.05) is 12.4 Å². The molecule has 2 heterocycles. The van der Waals surface area contributed by atoms with Crippen LogP contribution in [0, 0.1) is 0 Å². The third-order valence-electron chi connectivity index (χ3n) is 5.03. The first-order valence-corrected chi connectivity index (χ1v) is 10.1. The van der Waals surface area contributed by atoms with E-state index in [1.165, 1.54) is 32.2 Å². The van der Waals surface area contributed by atoms with Gasteiger partial charge in [0.25, 0.3) is 0 Å². The molecule has 3 nitrogen and oxygen atoms in total. The Labute approximate surface area is 167 Å². The third-order valence-corrected chi connectivity index (χ3v) is 5.98. The van der Waals surface area contributed by atoms with Crippen molar-refractivity contribution in [3.05, 3.63) is 90.8 Å². The quantitative estimate of drug-likeness (QED) is 0.377. The van der Waals surface area contributed by atoms with Crippen LogP contribution in [0.4, 0.5) is 5.13 Å². The molecular formula is C24H19N3S. The van der Waals surface area contributed by atoms with Crippen LogP contribution in [0.5, 0.6) is 0 Å². The number of nitrogens with one attached hydrogen (secondary N) is 1. The van der Waals surface area contributed by atoms with Crippen LogP contribution in [0.25, 0.3) is 32.1 Å². The van der Waals surface area contributed by atoms with E-state index in [-0.39, 0.29) is 6.04 Å². The van der Waals surface area contributed by atoms with Gasteiger partial charge >= 0.3 is 0 Å². The fraction of sp³-hybridized carbons (Fsp3) is 0.0833. The molecule has 0 unspecified atom stereocenters. The average Bonchev–Trinajstić information content (AvgIpc) is 3.15. The average molecular weight is 382 g/mol. The molecule has 0 saturated heterocycles. The highest BCUT2D eigenvalue weighted by Gasteiger charge is 2.12. The predicted octanol–water partition coefficient (Wildman–Crippen LogP) is 6.68. The van der Waals surface area contributed by atoms with Crippen molar-refractivity contribution in [2.75, 3.05) is 5.32 Å². The van der Waals surface area contributed by atoms with Crippen molar-refractivity contribution in [2.45, 2.75) is 13.0 Å². The van der Waals surface area contributed by atoms with Crippen molar-refractivity contribution < 1.29 is 0 Å². The van der Waals surface area contributed by atoms with Crippen molar-refractivity contribution >= 4 is 37.5 Å². The van der Waals surface area contributed by atoms with Crippen molar-refractivity contribution in [3.63, 3.8) is 0 Å². The lowest BCUT2D eigenvalue weighted by molar-refractivity contribution is 0.892. The molecule has 1 N–H and O–H groups in total. The molecule has 0 bridgehead atoms. The lowest BCUT2D eigenvalue weighted by atomic mass is 10.00. The zero-order chi connectivity index (χ0) is 18.9.